The standard InChI is InChI=1S/C84H36F36N6/c85-73(86,87)49-25-43(26-50(74(88,89)90)61(49)37-1-13-121-14-2-37)67-68(44-27-51(75(91,92)93)62(38-3-15-122-16-4-38)52(28-44)76(94,95)96)70(46-31-55(79(103,104)105)64(40-7-19-124-20-8-40)56(32-46)80(106,107)108)72(48-35-59(83(115,116)117)66(42-11-23-126-24-12-42)60(36-48)84(118,119)120)71(47-33-57(81(109,110)111)65(41-9-21-125-22-10-41)58(34-47)82(112,113)114)69(67)45-29-53(77(97,98)99)63(39-5-17-123-18-6-39)54(30-45)78(100,101)102/h1-36H. The molecular formula is C84H36F36N6. The second-order valence-electron chi connectivity index (χ2n) is 27.3. The minimum absolute atomic E-state index is 0.285. The summed E-state index contributed by atoms with van der Waals surface area (Å²) in [5.41, 5.74) is -92.0. The Balaban J connectivity index is 1.57. The summed E-state index contributed by atoms with van der Waals surface area (Å²) in [6.07, 6.45) is -75.7. The molecule has 13 aromatic rings. The maximum atomic E-state index is 16.9. The molecule has 0 saturated carbocycles. The summed E-state index contributed by atoms with van der Waals surface area (Å²) in [4.78, 5) is 20.7. The van der Waals surface area contributed by atoms with Crippen LogP contribution >= 0.6 is 0 Å². The zero-order valence-corrected chi connectivity index (χ0v) is 61.1. The molecule has 0 fully saturated rings. The Labute approximate surface area is 680 Å². The summed E-state index contributed by atoms with van der Waals surface area (Å²) < 4.78 is 607. The third kappa shape index (κ3) is 17.7. The highest BCUT2D eigenvalue weighted by atomic mass is 19.5. The third-order valence-corrected chi connectivity index (χ3v) is 19.5. The van der Waals surface area contributed by atoms with Crippen LogP contribution in [0.4, 0.5) is 158 Å². The molecule has 0 radical (unpaired) electrons. The van der Waals surface area contributed by atoms with Crippen LogP contribution in [0.25, 0.3) is 134 Å². The van der Waals surface area contributed by atoms with Crippen molar-refractivity contribution in [3.05, 3.63) is 287 Å². The molecule has 0 aliphatic heterocycles. The Bertz CT molecular complexity index is 5100. The third-order valence-electron chi connectivity index (χ3n) is 19.5. The van der Waals surface area contributed by atoms with Gasteiger partial charge in [-0.2, -0.15) is 158 Å². The van der Waals surface area contributed by atoms with Crippen LogP contribution in [0.15, 0.2) is 220 Å². The average molecular weight is 1810 g/mol. The lowest BCUT2D eigenvalue weighted by Gasteiger charge is -2.33. The van der Waals surface area contributed by atoms with E-state index in [0.29, 0.717) is 74.4 Å². The molecule has 0 atom stereocenters. The molecule has 0 N–H and O–H groups in total. The van der Waals surface area contributed by atoms with E-state index in [1.165, 1.54) is 0 Å². The first-order chi connectivity index (χ1) is 58.2. The highest BCUT2D eigenvalue weighted by Gasteiger charge is 2.52. The van der Waals surface area contributed by atoms with Crippen molar-refractivity contribution in [3.63, 3.8) is 0 Å². The van der Waals surface area contributed by atoms with E-state index in [1.54, 1.807) is 0 Å². The van der Waals surface area contributed by atoms with Gasteiger partial charge in [0.15, 0.2) is 0 Å². The summed E-state index contributed by atoms with van der Waals surface area (Å²) in [6, 6.07) is -6.93. The van der Waals surface area contributed by atoms with Crippen LogP contribution in [0.3, 0.4) is 0 Å². The molecule has 0 amide bonds. The Morgan fingerprint density at radius 2 is 0.190 bits per heavy atom. The minimum atomic E-state index is -6.73. The van der Waals surface area contributed by atoms with Gasteiger partial charge >= 0.3 is 74.1 Å². The zero-order valence-electron chi connectivity index (χ0n) is 61.1. The molecule has 0 saturated heterocycles. The summed E-state index contributed by atoms with van der Waals surface area (Å²) in [5.74, 6) is 0. The number of nitrogens with zero attached hydrogens (tertiary/aromatic N) is 6. The molecular weight excluding hydrogens is 1780 g/mol. The molecule has 0 aliphatic rings. The lowest BCUT2D eigenvalue weighted by atomic mass is 9.71. The lowest BCUT2D eigenvalue weighted by molar-refractivity contribution is -0.143. The number of pyridine rings is 6. The smallest absolute Gasteiger partial charge is 0.265 e. The lowest BCUT2D eigenvalue weighted by Crippen LogP contribution is -2.18. The number of aromatic nitrogens is 6. The van der Waals surface area contributed by atoms with Crippen molar-refractivity contribution < 1.29 is 158 Å². The van der Waals surface area contributed by atoms with E-state index in [-0.39, 0.29) is 72.8 Å². The number of hydrogen-bond donors (Lipinski definition) is 0. The number of halogens is 36. The van der Waals surface area contributed by atoms with Crippen molar-refractivity contribution in [3.8, 4) is 134 Å². The summed E-state index contributed by atoms with van der Waals surface area (Å²) >= 11 is 0. The maximum absolute atomic E-state index is 16.9. The molecule has 6 heterocycles. The van der Waals surface area contributed by atoms with Crippen LogP contribution in [-0.2, 0) is 74.1 Å². The molecule has 6 nitrogen and oxygen atoms in total. The monoisotopic (exact) mass is 1810 g/mol. The van der Waals surface area contributed by atoms with Crippen molar-refractivity contribution in [1.82, 2.24) is 29.9 Å². The number of hydrogen-bond acceptors (Lipinski definition) is 6. The first kappa shape index (κ1) is 90.6. The fraction of sp³-hybridized carbons (Fsp3) is 0.143. The molecule has 7 aromatic carbocycles. The quantitative estimate of drug-likeness (QED) is 0.113. The SMILES string of the molecule is FC(F)(F)c1cc(-c2c(-c3cc(C(F)(F)F)c(-c4ccncc4)c(C(F)(F)F)c3)c(-c3cc(C(F)(F)F)c(-c4ccncc4)c(C(F)(F)F)c3)c(-c3cc(C(F)(F)F)c(-c4ccncc4)c(C(F)(F)F)c3)c(-c3cc(C(F)(F)F)c(-c4ccncc4)c(C(F)(F)F)c3)c2-c2cc(C(F)(F)F)c(-c3ccncc3)c(C(F)(F)F)c2)cc(C(F)(F)F)c1-c1ccncc1. The van der Waals surface area contributed by atoms with Gasteiger partial charge in [0.2, 0.25) is 0 Å². The number of rotatable bonds is 12. The van der Waals surface area contributed by atoms with Gasteiger partial charge in [0.25, 0.3) is 0 Å². The molecule has 654 valence electrons. The van der Waals surface area contributed by atoms with Crippen molar-refractivity contribution in [2.45, 2.75) is 74.1 Å². The van der Waals surface area contributed by atoms with Gasteiger partial charge < -0.3 is 0 Å². The van der Waals surface area contributed by atoms with Crippen molar-refractivity contribution >= 4 is 0 Å². The van der Waals surface area contributed by atoms with Gasteiger partial charge in [-0.1, -0.05) is 0 Å². The van der Waals surface area contributed by atoms with Gasteiger partial charge in [0.1, 0.15) is 0 Å². The Hall–Kier alpha value is -13.1. The molecule has 0 bridgehead atoms. The van der Waals surface area contributed by atoms with E-state index in [4.69, 9.17) is 0 Å². The largest absolute Gasteiger partial charge is 0.417 e. The highest BCUT2D eigenvalue weighted by molar-refractivity contribution is 6.17. The topological polar surface area (TPSA) is 77.3 Å². The van der Waals surface area contributed by atoms with Crippen LogP contribution < -0.4 is 0 Å². The average Bonchev–Trinajstić information content (AvgIpc) is 0.690. The molecule has 126 heavy (non-hydrogen) atoms. The van der Waals surface area contributed by atoms with Crippen molar-refractivity contribution in [1.29, 1.82) is 0 Å². The molecule has 0 spiro atoms. The van der Waals surface area contributed by atoms with E-state index < -0.39 is 347 Å². The van der Waals surface area contributed by atoms with Gasteiger partial charge in [-0.3, -0.25) is 29.9 Å². The fourth-order valence-corrected chi connectivity index (χ4v) is 14.9. The van der Waals surface area contributed by atoms with Gasteiger partial charge in [-0.05, 0) is 246 Å². The molecule has 0 aliphatic carbocycles. The minimum Gasteiger partial charge on any atom is -0.265 e. The number of alkyl halides is 36. The van der Waals surface area contributed by atoms with Gasteiger partial charge in [0, 0.05) is 108 Å². The summed E-state index contributed by atoms with van der Waals surface area (Å²) in [6.45, 7) is 0. The summed E-state index contributed by atoms with van der Waals surface area (Å²) in [7, 11) is 0. The van der Waals surface area contributed by atoms with E-state index in [0.717, 1.165) is 0 Å². The van der Waals surface area contributed by atoms with Gasteiger partial charge in [-0.15, -0.1) is 0 Å². The number of benzene rings is 7. The van der Waals surface area contributed by atoms with E-state index in [9.17, 15) is 0 Å². The Morgan fingerprint density at radius 3 is 0.262 bits per heavy atom. The molecule has 13 rings (SSSR count). The Kier molecular flexibility index (Phi) is 22.7. The first-order valence-corrected chi connectivity index (χ1v) is 34.8. The van der Waals surface area contributed by atoms with Crippen LogP contribution in [-0.4, -0.2) is 29.9 Å². The Morgan fingerprint density at radius 1 is 0.111 bits per heavy atom. The van der Waals surface area contributed by atoms with Crippen molar-refractivity contribution in [2.75, 3.05) is 0 Å². The highest BCUT2D eigenvalue weighted by Crippen LogP contribution is 2.64. The van der Waals surface area contributed by atoms with Crippen LogP contribution in [0.2, 0.25) is 0 Å². The van der Waals surface area contributed by atoms with Gasteiger partial charge in [0.05, 0.1) is 66.8 Å². The van der Waals surface area contributed by atoms with Crippen LogP contribution in [0, 0.1) is 0 Å². The predicted octanol–water partition coefficient (Wildman–Crippen LogP) is 30.3. The zero-order chi connectivity index (χ0) is 92.5. The second-order valence-corrected chi connectivity index (χ2v) is 27.3. The van der Waals surface area contributed by atoms with E-state index >= 15 is 158 Å². The van der Waals surface area contributed by atoms with E-state index in [2.05, 4.69) is 29.9 Å². The maximum Gasteiger partial charge on any atom is 0.417 e. The first-order valence-electron chi connectivity index (χ1n) is 34.8. The van der Waals surface area contributed by atoms with E-state index in [1.807, 2.05) is 0 Å². The van der Waals surface area contributed by atoms with Crippen LogP contribution in [0.5, 0.6) is 0 Å². The molecule has 6 aromatic heterocycles. The molecule has 0 unspecified atom stereocenters. The second kappa shape index (κ2) is 31.5. The predicted molar refractivity (Wildman–Crippen MR) is 378 cm³/mol. The normalized spacial score (nSPS) is 13.2. The van der Waals surface area contributed by atoms with Crippen LogP contribution in [0.1, 0.15) is 66.8 Å². The van der Waals surface area contributed by atoms with Crippen molar-refractivity contribution in [2.24, 2.45) is 0 Å². The molecule has 42 heteroatoms. The van der Waals surface area contributed by atoms with Gasteiger partial charge in [-0.25, -0.2) is 0 Å². The summed E-state index contributed by atoms with van der Waals surface area (Å²) in [5, 5.41) is 0. The fourth-order valence-electron chi connectivity index (χ4n) is 14.9.